The maximum absolute atomic E-state index is 12.0. The fourth-order valence-electron chi connectivity index (χ4n) is 2.04. The number of ether oxygens (including phenoxy) is 1. The molecule has 1 aromatic carbocycles. The number of nitrogens with zero attached hydrogens (tertiary/aromatic N) is 2. The van der Waals surface area contributed by atoms with Crippen molar-refractivity contribution in [3.8, 4) is 5.75 Å². The SMILES string of the molecule is COc1ccccc1CCNC(=O)c1c(N)cnn1C. The second-order valence-electron chi connectivity index (χ2n) is 4.39. The van der Waals surface area contributed by atoms with Crippen molar-refractivity contribution in [1.82, 2.24) is 15.1 Å². The Hall–Kier alpha value is -2.50. The van der Waals surface area contributed by atoms with E-state index < -0.39 is 0 Å². The molecule has 0 spiro atoms. The molecule has 0 unspecified atom stereocenters. The Morgan fingerprint density at radius 3 is 2.85 bits per heavy atom. The number of hydrogen-bond donors (Lipinski definition) is 2. The third-order valence-corrected chi connectivity index (χ3v) is 3.05. The summed E-state index contributed by atoms with van der Waals surface area (Å²) in [6.45, 7) is 0.504. The average molecular weight is 274 g/mol. The number of carbonyl (C=O) groups is 1. The maximum atomic E-state index is 12.0. The molecule has 1 aromatic heterocycles. The highest BCUT2D eigenvalue weighted by atomic mass is 16.5. The normalized spacial score (nSPS) is 10.3. The monoisotopic (exact) mass is 274 g/mol. The van der Waals surface area contributed by atoms with E-state index in [1.165, 1.54) is 10.9 Å². The lowest BCUT2D eigenvalue weighted by Gasteiger charge is -2.09. The van der Waals surface area contributed by atoms with Crippen molar-refractivity contribution in [2.24, 2.45) is 7.05 Å². The first-order valence-corrected chi connectivity index (χ1v) is 6.31. The quantitative estimate of drug-likeness (QED) is 0.851. The van der Waals surface area contributed by atoms with Crippen LogP contribution >= 0.6 is 0 Å². The number of nitrogens with two attached hydrogens (primary N) is 1. The Labute approximate surface area is 117 Å². The van der Waals surface area contributed by atoms with Crippen molar-refractivity contribution in [1.29, 1.82) is 0 Å². The zero-order valence-electron chi connectivity index (χ0n) is 11.6. The van der Waals surface area contributed by atoms with Gasteiger partial charge in [0.1, 0.15) is 11.4 Å². The first-order valence-electron chi connectivity index (χ1n) is 6.31. The lowest BCUT2D eigenvalue weighted by molar-refractivity contribution is 0.0945. The van der Waals surface area contributed by atoms with Crippen LogP contribution in [0.25, 0.3) is 0 Å². The summed E-state index contributed by atoms with van der Waals surface area (Å²) in [5.74, 6) is 0.596. The minimum Gasteiger partial charge on any atom is -0.496 e. The van der Waals surface area contributed by atoms with Gasteiger partial charge in [-0.1, -0.05) is 18.2 Å². The lowest BCUT2D eigenvalue weighted by atomic mass is 10.1. The van der Waals surface area contributed by atoms with Crippen LogP contribution in [0.15, 0.2) is 30.5 Å². The number of anilines is 1. The van der Waals surface area contributed by atoms with E-state index in [0.29, 0.717) is 24.3 Å². The Bertz CT molecular complexity index is 587. The van der Waals surface area contributed by atoms with E-state index in [0.717, 1.165) is 11.3 Å². The first-order chi connectivity index (χ1) is 9.63. The number of rotatable bonds is 5. The molecular weight excluding hydrogens is 256 g/mol. The number of amides is 1. The molecule has 1 amide bonds. The average Bonchev–Trinajstić information content (AvgIpc) is 2.78. The second kappa shape index (κ2) is 6.10. The van der Waals surface area contributed by atoms with Gasteiger partial charge in [0.15, 0.2) is 0 Å². The molecule has 20 heavy (non-hydrogen) atoms. The molecule has 106 valence electrons. The summed E-state index contributed by atoms with van der Waals surface area (Å²) >= 11 is 0. The number of para-hydroxylation sites is 1. The van der Waals surface area contributed by atoms with Crippen LogP contribution in [0.4, 0.5) is 5.69 Å². The molecule has 0 atom stereocenters. The molecule has 6 nitrogen and oxygen atoms in total. The van der Waals surface area contributed by atoms with Crippen LogP contribution in [0, 0.1) is 0 Å². The zero-order valence-corrected chi connectivity index (χ0v) is 11.6. The number of nitrogens with one attached hydrogen (secondary N) is 1. The molecule has 0 bridgehead atoms. The largest absolute Gasteiger partial charge is 0.496 e. The predicted molar refractivity (Wildman–Crippen MR) is 76.7 cm³/mol. The van der Waals surface area contributed by atoms with Gasteiger partial charge in [-0.25, -0.2) is 0 Å². The summed E-state index contributed by atoms with van der Waals surface area (Å²) < 4.78 is 6.73. The van der Waals surface area contributed by atoms with Crippen LogP contribution in [-0.2, 0) is 13.5 Å². The van der Waals surface area contributed by atoms with Gasteiger partial charge in [-0.15, -0.1) is 0 Å². The van der Waals surface area contributed by atoms with E-state index in [-0.39, 0.29) is 5.91 Å². The molecule has 1 heterocycles. The molecule has 3 N–H and O–H groups in total. The van der Waals surface area contributed by atoms with E-state index in [2.05, 4.69) is 10.4 Å². The van der Waals surface area contributed by atoms with Crippen LogP contribution in [0.5, 0.6) is 5.75 Å². The Balaban J connectivity index is 1.95. The van der Waals surface area contributed by atoms with Gasteiger partial charge in [-0.05, 0) is 18.1 Å². The van der Waals surface area contributed by atoms with E-state index in [4.69, 9.17) is 10.5 Å². The van der Waals surface area contributed by atoms with E-state index in [1.54, 1.807) is 14.2 Å². The smallest absolute Gasteiger partial charge is 0.271 e. The van der Waals surface area contributed by atoms with Crippen molar-refractivity contribution in [2.45, 2.75) is 6.42 Å². The molecule has 0 saturated carbocycles. The van der Waals surface area contributed by atoms with Crippen LogP contribution in [0.2, 0.25) is 0 Å². The number of benzene rings is 1. The molecule has 0 aliphatic rings. The highest BCUT2D eigenvalue weighted by molar-refractivity contribution is 5.97. The summed E-state index contributed by atoms with van der Waals surface area (Å²) in [6, 6.07) is 7.73. The first kappa shape index (κ1) is 13.9. The van der Waals surface area contributed by atoms with Crippen LogP contribution < -0.4 is 15.8 Å². The third kappa shape index (κ3) is 2.90. The van der Waals surface area contributed by atoms with Gasteiger partial charge in [0.05, 0.1) is 19.0 Å². The molecule has 0 radical (unpaired) electrons. The fraction of sp³-hybridized carbons (Fsp3) is 0.286. The molecule has 0 aliphatic carbocycles. The van der Waals surface area contributed by atoms with Gasteiger partial charge >= 0.3 is 0 Å². The topological polar surface area (TPSA) is 82.2 Å². The maximum Gasteiger partial charge on any atom is 0.271 e. The predicted octanol–water partition coefficient (Wildman–Crippen LogP) is 0.983. The van der Waals surface area contributed by atoms with Gasteiger partial charge in [-0.3, -0.25) is 9.48 Å². The van der Waals surface area contributed by atoms with Crippen molar-refractivity contribution >= 4 is 11.6 Å². The molecule has 0 aliphatic heterocycles. The number of aromatic nitrogens is 2. The van der Waals surface area contributed by atoms with Gasteiger partial charge < -0.3 is 15.8 Å². The number of aryl methyl sites for hydroxylation is 1. The minimum atomic E-state index is -0.225. The van der Waals surface area contributed by atoms with E-state index in [9.17, 15) is 4.79 Å². The fourth-order valence-corrected chi connectivity index (χ4v) is 2.04. The summed E-state index contributed by atoms with van der Waals surface area (Å²) in [4.78, 5) is 12.0. The summed E-state index contributed by atoms with van der Waals surface area (Å²) in [5.41, 5.74) is 7.51. The minimum absolute atomic E-state index is 0.225. The van der Waals surface area contributed by atoms with Gasteiger partial charge in [0.25, 0.3) is 5.91 Å². The molecule has 6 heteroatoms. The van der Waals surface area contributed by atoms with Crippen LogP contribution in [0.1, 0.15) is 16.1 Å². The Kier molecular flexibility index (Phi) is 4.24. The summed E-state index contributed by atoms with van der Waals surface area (Å²) in [5, 5.41) is 6.77. The Morgan fingerprint density at radius 2 is 2.20 bits per heavy atom. The number of nitrogen functional groups attached to an aromatic ring is 1. The lowest BCUT2D eigenvalue weighted by Crippen LogP contribution is -2.28. The van der Waals surface area contributed by atoms with Gasteiger partial charge in [0.2, 0.25) is 0 Å². The molecule has 2 aromatic rings. The highest BCUT2D eigenvalue weighted by Gasteiger charge is 2.14. The standard InChI is InChI=1S/C14H18N4O2/c1-18-13(11(15)9-17-18)14(19)16-8-7-10-5-3-4-6-12(10)20-2/h3-6,9H,7-8,15H2,1-2H3,(H,16,19). The third-order valence-electron chi connectivity index (χ3n) is 3.05. The summed E-state index contributed by atoms with van der Waals surface area (Å²) in [7, 11) is 3.32. The van der Waals surface area contributed by atoms with E-state index >= 15 is 0 Å². The zero-order chi connectivity index (χ0) is 14.5. The molecular formula is C14H18N4O2. The number of carbonyl (C=O) groups excluding carboxylic acids is 1. The number of hydrogen-bond acceptors (Lipinski definition) is 4. The molecule has 0 saturated heterocycles. The second-order valence-corrected chi connectivity index (χ2v) is 4.39. The Morgan fingerprint density at radius 1 is 1.45 bits per heavy atom. The van der Waals surface area contributed by atoms with E-state index in [1.807, 2.05) is 24.3 Å². The van der Waals surface area contributed by atoms with Crippen molar-refractivity contribution in [3.63, 3.8) is 0 Å². The molecule has 2 rings (SSSR count). The number of methoxy groups -OCH3 is 1. The molecule has 0 fully saturated rings. The van der Waals surface area contributed by atoms with Gasteiger partial charge in [0, 0.05) is 13.6 Å². The van der Waals surface area contributed by atoms with Gasteiger partial charge in [-0.2, -0.15) is 5.10 Å². The highest BCUT2D eigenvalue weighted by Crippen LogP contribution is 2.17. The van der Waals surface area contributed by atoms with Crippen molar-refractivity contribution in [2.75, 3.05) is 19.4 Å². The van der Waals surface area contributed by atoms with Crippen LogP contribution in [-0.4, -0.2) is 29.3 Å². The van der Waals surface area contributed by atoms with Crippen molar-refractivity contribution < 1.29 is 9.53 Å². The summed E-state index contributed by atoms with van der Waals surface area (Å²) in [6.07, 6.45) is 2.16. The van der Waals surface area contributed by atoms with Crippen molar-refractivity contribution in [3.05, 3.63) is 41.7 Å². The van der Waals surface area contributed by atoms with Crippen LogP contribution in [0.3, 0.4) is 0 Å².